The number of unbranched alkanes of at least 4 members (excludes halogenated alkanes) is 5. The van der Waals surface area contributed by atoms with Crippen molar-refractivity contribution in [3.63, 3.8) is 0 Å². The number of carbonyl (C=O) groups is 1. The van der Waals surface area contributed by atoms with E-state index in [-0.39, 0.29) is 0 Å². The number of aliphatic hydroxyl groups is 2. The lowest BCUT2D eigenvalue weighted by molar-refractivity contribution is -0.196. The molecule has 0 heterocycles. The summed E-state index contributed by atoms with van der Waals surface area (Å²) in [4.78, 5) is 9.52. The minimum Gasteiger partial charge on any atom is -0.477 e. The third kappa shape index (κ3) is 15.6. The molecule has 0 fully saturated rings. The van der Waals surface area contributed by atoms with E-state index in [0.717, 1.165) is 6.92 Å². The van der Waals surface area contributed by atoms with Crippen LogP contribution in [-0.2, 0) is 4.79 Å². The molecule has 4 nitrogen and oxygen atoms in total. The van der Waals surface area contributed by atoms with Crippen LogP contribution in [0.4, 0.5) is 0 Å². The van der Waals surface area contributed by atoms with Crippen molar-refractivity contribution in [3.8, 4) is 0 Å². The highest BCUT2D eigenvalue weighted by Crippen LogP contribution is 2.04. The monoisotopic (exact) mass is 232 g/mol. The zero-order valence-electron chi connectivity index (χ0n) is 10.3. The maximum atomic E-state index is 9.52. The van der Waals surface area contributed by atoms with Crippen LogP contribution in [0.2, 0.25) is 0 Å². The summed E-state index contributed by atoms with van der Waals surface area (Å²) in [5.74, 6) is -4.23. The molecular formula is C12H24O4. The highest BCUT2D eigenvalue weighted by molar-refractivity contribution is 5.74. The summed E-state index contributed by atoms with van der Waals surface area (Å²) in [6.45, 7) is 6.70. The summed E-state index contributed by atoms with van der Waals surface area (Å²) in [5, 5.41) is 23.9. The lowest BCUT2D eigenvalue weighted by Gasteiger charge is -2.06. The Morgan fingerprint density at radius 3 is 2.00 bits per heavy atom. The topological polar surface area (TPSA) is 77.8 Å². The van der Waals surface area contributed by atoms with Crippen LogP contribution in [0.3, 0.4) is 0 Å². The summed E-state index contributed by atoms with van der Waals surface area (Å²) in [6.07, 6.45) is 10.1. The molecule has 3 N–H and O–H groups in total. The predicted octanol–water partition coefficient (Wildman–Crippen LogP) is 2.30. The minimum atomic E-state index is -2.58. The van der Waals surface area contributed by atoms with Gasteiger partial charge < -0.3 is 15.3 Å². The molecular weight excluding hydrogens is 208 g/mol. The van der Waals surface area contributed by atoms with Gasteiger partial charge in [-0.05, 0) is 12.8 Å². The van der Waals surface area contributed by atoms with Gasteiger partial charge in [-0.25, -0.2) is 4.79 Å². The Balaban J connectivity index is 0. The largest absolute Gasteiger partial charge is 0.477 e. The second-order valence-corrected chi connectivity index (χ2v) is 3.82. The molecule has 0 aliphatic heterocycles. The van der Waals surface area contributed by atoms with Gasteiger partial charge in [-0.2, -0.15) is 0 Å². The van der Waals surface area contributed by atoms with Crippen LogP contribution in [0.1, 0.15) is 52.4 Å². The molecule has 16 heavy (non-hydrogen) atoms. The van der Waals surface area contributed by atoms with Crippen LogP contribution in [0.25, 0.3) is 0 Å². The van der Waals surface area contributed by atoms with Crippen molar-refractivity contribution in [1.29, 1.82) is 0 Å². The fraction of sp³-hybridized carbons (Fsp3) is 0.750. The van der Waals surface area contributed by atoms with Crippen molar-refractivity contribution in [3.05, 3.63) is 12.7 Å². The Bertz CT molecular complexity index is 182. The summed E-state index contributed by atoms with van der Waals surface area (Å²) in [6, 6.07) is 0. The second-order valence-electron chi connectivity index (χ2n) is 3.82. The maximum absolute atomic E-state index is 9.52. The first-order chi connectivity index (χ1) is 7.36. The molecule has 0 saturated carbocycles. The second kappa shape index (κ2) is 10.6. The maximum Gasteiger partial charge on any atom is 0.363 e. The Labute approximate surface area is 97.6 Å². The first-order valence-corrected chi connectivity index (χ1v) is 5.65. The highest BCUT2D eigenvalue weighted by atomic mass is 16.5. The molecule has 0 atom stereocenters. The molecule has 0 bridgehead atoms. The van der Waals surface area contributed by atoms with Gasteiger partial charge in [0, 0.05) is 6.92 Å². The molecule has 0 unspecified atom stereocenters. The van der Waals surface area contributed by atoms with Gasteiger partial charge in [0.15, 0.2) is 0 Å². The SMILES string of the molecule is C=CCCCCCCC.CC(O)(O)C(=O)O. The van der Waals surface area contributed by atoms with Crippen LogP contribution in [0.15, 0.2) is 12.7 Å². The van der Waals surface area contributed by atoms with Crippen LogP contribution in [0.5, 0.6) is 0 Å². The quantitative estimate of drug-likeness (QED) is 0.357. The Hall–Kier alpha value is -0.870. The van der Waals surface area contributed by atoms with E-state index >= 15 is 0 Å². The third-order valence-electron chi connectivity index (χ3n) is 1.92. The summed E-state index contributed by atoms with van der Waals surface area (Å²) in [7, 11) is 0. The first kappa shape index (κ1) is 17.5. The Morgan fingerprint density at radius 1 is 1.25 bits per heavy atom. The molecule has 0 aromatic carbocycles. The lowest BCUT2D eigenvalue weighted by atomic mass is 10.1. The first-order valence-electron chi connectivity index (χ1n) is 5.65. The fourth-order valence-corrected chi connectivity index (χ4v) is 0.892. The van der Waals surface area contributed by atoms with Crippen LogP contribution in [0, 0.1) is 0 Å². The number of rotatable bonds is 7. The molecule has 0 aromatic rings. The molecule has 0 spiro atoms. The van der Waals surface area contributed by atoms with E-state index in [1.54, 1.807) is 0 Å². The Kier molecular flexibility index (Phi) is 11.7. The van der Waals surface area contributed by atoms with Crippen LogP contribution >= 0.6 is 0 Å². The van der Waals surface area contributed by atoms with E-state index in [0.29, 0.717) is 0 Å². The standard InChI is InChI=1S/C9H18.C3H6O4/c1-3-5-7-9-8-6-4-2;1-3(6,7)2(4)5/h3H,1,4-9H2,2H3;6-7H,1H3,(H,4,5). The molecule has 96 valence electrons. The number of hydrogen-bond donors (Lipinski definition) is 3. The summed E-state index contributed by atoms with van der Waals surface area (Å²) < 4.78 is 0. The molecule has 0 aromatic heterocycles. The molecule has 0 saturated heterocycles. The van der Waals surface area contributed by atoms with Gasteiger partial charge in [0.25, 0.3) is 5.79 Å². The Morgan fingerprint density at radius 2 is 1.69 bits per heavy atom. The van der Waals surface area contributed by atoms with E-state index in [1.807, 2.05) is 6.08 Å². The average molecular weight is 232 g/mol. The zero-order chi connectivity index (χ0) is 13.0. The van der Waals surface area contributed by atoms with Crippen LogP contribution < -0.4 is 0 Å². The van der Waals surface area contributed by atoms with E-state index in [2.05, 4.69) is 13.5 Å². The average Bonchev–Trinajstić information content (AvgIpc) is 2.17. The number of allylic oxidation sites excluding steroid dienone is 1. The number of aliphatic carboxylic acids is 1. The van der Waals surface area contributed by atoms with Crippen molar-refractivity contribution < 1.29 is 20.1 Å². The van der Waals surface area contributed by atoms with Crippen molar-refractivity contribution >= 4 is 5.97 Å². The van der Waals surface area contributed by atoms with Gasteiger partial charge in [-0.1, -0.05) is 38.7 Å². The van der Waals surface area contributed by atoms with E-state index < -0.39 is 11.8 Å². The minimum absolute atomic E-state index is 0.773. The van der Waals surface area contributed by atoms with Crippen molar-refractivity contribution in [2.24, 2.45) is 0 Å². The smallest absolute Gasteiger partial charge is 0.363 e. The van der Waals surface area contributed by atoms with Gasteiger partial charge >= 0.3 is 5.97 Å². The fourth-order valence-electron chi connectivity index (χ4n) is 0.892. The molecule has 0 rings (SSSR count). The number of hydrogen-bond acceptors (Lipinski definition) is 3. The molecule has 0 amide bonds. The van der Waals surface area contributed by atoms with E-state index in [4.69, 9.17) is 15.3 Å². The summed E-state index contributed by atoms with van der Waals surface area (Å²) >= 11 is 0. The normalized spacial score (nSPS) is 10.2. The van der Waals surface area contributed by atoms with Crippen LogP contribution in [-0.4, -0.2) is 27.1 Å². The molecule has 0 aliphatic carbocycles. The number of carboxylic acids is 1. The number of carboxylic acid groups (broad SMARTS) is 1. The van der Waals surface area contributed by atoms with E-state index in [9.17, 15) is 4.79 Å². The molecule has 4 heteroatoms. The third-order valence-corrected chi connectivity index (χ3v) is 1.92. The highest BCUT2D eigenvalue weighted by Gasteiger charge is 2.24. The summed E-state index contributed by atoms with van der Waals surface area (Å²) in [5.41, 5.74) is 0. The van der Waals surface area contributed by atoms with Crippen molar-refractivity contribution in [1.82, 2.24) is 0 Å². The van der Waals surface area contributed by atoms with Gasteiger partial charge in [0.2, 0.25) is 0 Å². The zero-order valence-corrected chi connectivity index (χ0v) is 10.3. The van der Waals surface area contributed by atoms with E-state index in [1.165, 1.54) is 38.5 Å². The predicted molar refractivity (Wildman–Crippen MR) is 64.1 cm³/mol. The lowest BCUT2D eigenvalue weighted by Crippen LogP contribution is -2.33. The van der Waals surface area contributed by atoms with Gasteiger partial charge in [-0.3, -0.25) is 0 Å². The van der Waals surface area contributed by atoms with Crippen molar-refractivity contribution in [2.45, 2.75) is 58.2 Å². The van der Waals surface area contributed by atoms with Gasteiger partial charge in [0.05, 0.1) is 0 Å². The van der Waals surface area contributed by atoms with Gasteiger partial charge in [-0.15, -0.1) is 6.58 Å². The molecule has 0 aliphatic rings. The van der Waals surface area contributed by atoms with Gasteiger partial charge in [0.1, 0.15) is 0 Å². The van der Waals surface area contributed by atoms with Crippen molar-refractivity contribution in [2.75, 3.05) is 0 Å². The molecule has 0 radical (unpaired) electrons.